The van der Waals surface area contributed by atoms with Gasteiger partial charge < -0.3 is 5.11 Å². The van der Waals surface area contributed by atoms with E-state index in [-0.39, 0.29) is 0 Å². The van der Waals surface area contributed by atoms with Crippen molar-refractivity contribution in [3.05, 3.63) is 12.2 Å². The van der Waals surface area contributed by atoms with Crippen LogP contribution < -0.4 is 0 Å². The van der Waals surface area contributed by atoms with Crippen molar-refractivity contribution in [1.82, 2.24) is 0 Å². The SMILES string of the molecule is CCCCC[C@H](O)C=CC=O. The van der Waals surface area contributed by atoms with Gasteiger partial charge in [-0.3, -0.25) is 4.79 Å². The third-order valence-electron chi connectivity index (χ3n) is 1.52. The number of allylic oxidation sites excluding steroid dienone is 1. The van der Waals surface area contributed by atoms with Gasteiger partial charge in [-0.2, -0.15) is 0 Å². The minimum Gasteiger partial charge on any atom is -0.389 e. The quantitative estimate of drug-likeness (QED) is 0.361. The summed E-state index contributed by atoms with van der Waals surface area (Å²) in [4.78, 5) is 9.84. The summed E-state index contributed by atoms with van der Waals surface area (Å²) in [5.74, 6) is 0. The minimum absolute atomic E-state index is 0.438. The maximum Gasteiger partial charge on any atom is 0.142 e. The Balaban J connectivity index is 3.28. The largest absolute Gasteiger partial charge is 0.389 e. The number of carbonyl (C=O) groups excluding carboxylic acids is 1. The Labute approximate surface area is 67.9 Å². The number of hydrogen-bond donors (Lipinski definition) is 1. The number of rotatable bonds is 6. The number of carbonyl (C=O) groups is 1. The Hall–Kier alpha value is -0.630. The first-order valence-corrected chi connectivity index (χ1v) is 4.11. The lowest BCUT2D eigenvalue weighted by Gasteiger charge is -2.02. The summed E-state index contributed by atoms with van der Waals surface area (Å²) in [5.41, 5.74) is 0. The Morgan fingerprint density at radius 1 is 1.45 bits per heavy atom. The van der Waals surface area contributed by atoms with Crippen molar-refractivity contribution >= 4 is 6.29 Å². The summed E-state index contributed by atoms with van der Waals surface area (Å²) in [5, 5.41) is 9.16. The maximum absolute atomic E-state index is 9.84. The maximum atomic E-state index is 9.84. The van der Waals surface area contributed by atoms with Crippen LogP contribution in [0.2, 0.25) is 0 Å². The molecule has 0 aromatic rings. The summed E-state index contributed by atoms with van der Waals surface area (Å²) in [7, 11) is 0. The highest BCUT2D eigenvalue weighted by molar-refractivity contribution is 5.64. The zero-order valence-electron chi connectivity index (χ0n) is 6.99. The van der Waals surface area contributed by atoms with Gasteiger partial charge in [0.1, 0.15) is 6.29 Å². The van der Waals surface area contributed by atoms with Crippen LogP contribution in [0.4, 0.5) is 0 Å². The van der Waals surface area contributed by atoms with Crippen molar-refractivity contribution < 1.29 is 9.90 Å². The van der Waals surface area contributed by atoms with Gasteiger partial charge in [-0.1, -0.05) is 32.3 Å². The highest BCUT2D eigenvalue weighted by Gasteiger charge is 1.96. The van der Waals surface area contributed by atoms with Crippen molar-refractivity contribution in [2.45, 2.75) is 38.7 Å². The van der Waals surface area contributed by atoms with E-state index in [1.165, 1.54) is 12.2 Å². The molecule has 11 heavy (non-hydrogen) atoms. The van der Waals surface area contributed by atoms with Gasteiger partial charge in [-0.15, -0.1) is 0 Å². The van der Waals surface area contributed by atoms with E-state index in [0.29, 0.717) is 6.29 Å². The molecule has 2 heteroatoms. The molecule has 0 aromatic carbocycles. The van der Waals surface area contributed by atoms with Crippen molar-refractivity contribution in [2.75, 3.05) is 0 Å². The second-order valence-corrected chi connectivity index (χ2v) is 2.58. The molecule has 0 fully saturated rings. The zero-order valence-corrected chi connectivity index (χ0v) is 6.99. The van der Waals surface area contributed by atoms with Gasteiger partial charge in [0.2, 0.25) is 0 Å². The highest BCUT2D eigenvalue weighted by Crippen LogP contribution is 2.03. The summed E-state index contributed by atoms with van der Waals surface area (Å²) in [6, 6.07) is 0. The van der Waals surface area contributed by atoms with Crippen molar-refractivity contribution in [3.8, 4) is 0 Å². The Bertz CT molecular complexity index is 119. The van der Waals surface area contributed by atoms with E-state index < -0.39 is 6.10 Å². The van der Waals surface area contributed by atoms with Crippen LogP contribution >= 0.6 is 0 Å². The number of aliphatic hydroxyl groups excluding tert-OH is 1. The second-order valence-electron chi connectivity index (χ2n) is 2.58. The number of hydrogen-bond acceptors (Lipinski definition) is 2. The summed E-state index contributed by atoms with van der Waals surface area (Å²) < 4.78 is 0. The zero-order chi connectivity index (χ0) is 8.53. The Kier molecular flexibility index (Phi) is 7.05. The van der Waals surface area contributed by atoms with Gasteiger partial charge in [0, 0.05) is 0 Å². The van der Waals surface area contributed by atoms with Gasteiger partial charge in [0.25, 0.3) is 0 Å². The fraction of sp³-hybridized carbons (Fsp3) is 0.667. The molecule has 0 spiro atoms. The smallest absolute Gasteiger partial charge is 0.142 e. The summed E-state index contributed by atoms with van der Waals surface area (Å²) in [6.07, 6.45) is 7.21. The first-order valence-electron chi connectivity index (χ1n) is 4.11. The standard InChI is InChI=1S/C9H16O2/c1-2-3-4-6-9(11)7-5-8-10/h5,7-9,11H,2-4,6H2,1H3/t9-/m0/s1. The summed E-state index contributed by atoms with van der Waals surface area (Å²) >= 11 is 0. The van der Waals surface area contributed by atoms with Crippen LogP contribution in [0, 0.1) is 0 Å². The van der Waals surface area contributed by atoms with E-state index in [2.05, 4.69) is 6.92 Å². The average Bonchev–Trinajstić information content (AvgIpc) is 2.01. The molecule has 0 aliphatic rings. The first-order chi connectivity index (χ1) is 5.31. The molecule has 0 aromatic heterocycles. The van der Waals surface area contributed by atoms with Gasteiger partial charge in [-0.25, -0.2) is 0 Å². The van der Waals surface area contributed by atoms with E-state index >= 15 is 0 Å². The minimum atomic E-state index is -0.438. The lowest BCUT2D eigenvalue weighted by Crippen LogP contribution is -2.01. The van der Waals surface area contributed by atoms with Crippen molar-refractivity contribution in [3.63, 3.8) is 0 Å². The van der Waals surface area contributed by atoms with Crippen LogP contribution in [-0.4, -0.2) is 17.5 Å². The lowest BCUT2D eigenvalue weighted by molar-refractivity contribution is -0.104. The van der Waals surface area contributed by atoms with Crippen LogP contribution in [0.15, 0.2) is 12.2 Å². The van der Waals surface area contributed by atoms with Crippen molar-refractivity contribution in [2.24, 2.45) is 0 Å². The molecule has 1 atom stereocenters. The average molecular weight is 156 g/mol. The molecule has 0 aliphatic carbocycles. The van der Waals surface area contributed by atoms with Crippen LogP contribution in [0.3, 0.4) is 0 Å². The van der Waals surface area contributed by atoms with Gasteiger partial charge >= 0.3 is 0 Å². The Morgan fingerprint density at radius 2 is 2.18 bits per heavy atom. The second kappa shape index (κ2) is 7.48. The molecule has 0 saturated carbocycles. The van der Waals surface area contributed by atoms with Gasteiger partial charge in [-0.05, 0) is 12.5 Å². The van der Waals surface area contributed by atoms with E-state index in [1.54, 1.807) is 0 Å². The Morgan fingerprint density at radius 3 is 2.73 bits per heavy atom. The monoisotopic (exact) mass is 156 g/mol. The molecule has 0 saturated heterocycles. The fourth-order valence-electron chi connectivity index (χ4n) is 0.873. The van der Waals surface area contributed by atoms with E-state index in [9.17, 15) is 4.79 Å². The van der Waals surface area contributed by atoms with Gasteiger partial charge in [0.05, 0.1) is 6.10 Å². The predicted molar refractivity (Wildman–Crippen MR) is 45.4 cm³/mol. The van der Waals surface area contributed by atoms with Gasteiger partial charge in [0.15, 0.2) is 0 Å². The molecule has 64 valence electrons. The highest BCUT2D eigenvalue weighted by atomic mass is 16.3. The molecule has 0 heterocycles. The molecule has 0 amide bonds. The predicted octanol–water partition coefficient (Wildman–Crippen LogP) is 1.68. The molecule has 1 N–H and O–H groups in total. The molecule has 0 bridgehead atoms. The molecular formula is C9H16O2. The van der Waals surface area contributed by atoms with Crippen LogP contribution in [0.5, 0.6) is 0 Å². The molecule has 0 radical (unpaired) electrons. The molecule has 2 nitrogen and oxygen atoms in total. The fourth-order valence-corrected chi connectivity index (χ4v) is 0.873. The number of aldehydes is 1. The van der Waals surface area contributed by atoms with E-state index in [1.807, 2.05) is 0 Å². The number of aliphatic hydroxyl groups is 1. The first kappa shape index (κ1) is 10.4. The van der Waals surface area contributed by atoms with Crippen LogP contribution in [-0.2, 0) is 4.79 Å². The normalized spacial score (nSPS) is 13.6. The third-order valence-corrected chi connectivity index (χ3v) is 1.52. The lowest BCUT2D eigenvalue weighted by atomic mass is 10.1. The molecular weight excluding hydrogens is 140 g/mol. The molecule has 0 rings (SSSR count). The van der Waals surface area contributed by atoms with Crippen LogP contribution in [0.1, 0.15) is 32.6 Å². The molecule has 0 unspecified atom stereocenters. The summed E-state index contributed by atoms with van der Waals surface area (Å²) in [6.45, 7) is 2.12. The van der Waals surface area contributed by atoms with Crippen molar-refractivity contribution in [1.29, 1.82) is 0 Å². The van der Waals surface area contributed by atoms with Crippen LogP contribution in [0.25, 0.3) is 0 Å². The van der Waals surface area contributed by atoms with E-state index in [4.69, 9.17) is 5.11 Å². The number of unbranched alkanes of at least 4 members (excludes halogenated alkanes) is 2. The molecule has 0 aliphatic heterocycles. The van der Waals surface area contributed by atoms with E-state index in [0.717, 1.165) is 25.7 Å². The third kappa shape index (κ3) is 7.26. The topological polar surface area (TPSA) is 37.3 Å².